The highest BCUT2D eigenvalue weighted by atomic mass is 35.5. The van der Waals surface area contributed by atoms with Gasteiger partial charge in [-0.3, -0.25) is 4.98 Å². The Labute approximate surface area is 126 Å². The van der Waals surface area contributed by atoms with Crippen LogP contribution in [0.15, 0.2) is 23.0 Å². The van der Waals surface area contributed by atoms with E-state index in [4.69, 9.17) is 11.6 Å². The predicted molar refractivity (Wildman–Crippen MR) is 80.6 cm³/mol. The SMILES string of the molecule is CCc1cc(Cl)ccc1NC(=O)N[C@H](C)c1n[nH]c(=O)[nH]1. The molecule has 0 aliphatic heterocycles. The van der Waals surface area contributed by atoms with Gasteiger partial charge in [-0.1, -0.05) is 18.5 Å². The van der Waals surface area contributed by atoms with Crippen LogP contribution in [-0.4, -0.2) is 21.2 Å². The fourth-order valence-corrected chi connectivity index (χ4v) is 2.08. The first-order valence-corrected chi connectivity index (χ1v) is 6.88. The van der Waals surface area contributed by atoms with Crippen LogP contribution in [0, 0.1) is 0 Å². The second kappa shape index (κ2) is 6.45. The molecule has 0 radical (unpaired) electrons. The van der Waals surface area contributed by atoms with Crippen LogP contribution in [0.5, 0.6) is 0 Å². The van der Waals surface area contributed by atoms with Gasteiger partial charge in [-0.15, -0.1) is 0 Å². The number of nitrogens with zero attached hydrogens (tertiary/aromatic N) is 1. The first-order valence-electron chi connectivity index (χ1n) is 6.50. The largest absolute Gasteiger partial charge is 0.340 e. The third-order valence-corrected chi connectivity index (χ3v) is 3.21. The molecule has 1 atom stereocenters. The summed E-state index contributed by atoms with van der Waals surface area (Å²) in [4.78, 5) is 25.4. The molecule has 1 aromatic carbocycles. The highest BCUT2D eigenvalue weighted by molar-refractivity contribution is 6.30. The molecule has 0 aliphatic rings. The first-order chi connectivity index (χ1) is 9.99. The summed E-state index contributed by atoms with van der Waals surface area (Å²) in [5.41, 5.74) is 1.23. The van der Waals surface area contributed by atoms with Gasteiger partial charge in [-0.25, -0.2) is 14.7 Å². The Morgan fingerprint density at radius 2 is 2.24 bits per heavy atom. The zero-order valence-electron chi connectivity index (χ0n) is 11.7. The van der Waals surface area contributed by atoms with E-state index in [1.807, 2.05) is 13.0 Å². The van der Waals surface area contributed by atoms with Gasteiger partial charge in [-0.2, -0.15) is 5.10 Å². The van der Waals surface area contributed by atoms with E-state index in [1.54, 1.807) is 19.1 Å². The summed E-state index contributed by atoms with van der Waals surface area (Å²) in [7, 11) is 0. The van der Waals surface area contributed by atoms with E-state index >= 15 is 0 Å². The number of urea groups is 1. The van der Waals surface area contributed by atoms with Gasteiger partial charge in [-0.05, 0) is 37.1 Å². The van der Waals surface area contributed by atoms with Crippen LogP contribution in [0.25, 0.3) is 0 Å². The quantitative estimate of drug-likeness (QED) is 0.696. The fourth-order valence-electron chi connectivity index (χ4n) is 1.89. The standard InChI is InChI=1S/C13H16ClN5O2/c1-3-8-6-9(14)4-5-10(8)16-12(20)15-7(2)11-17-13(21)19-18-11/h4-7H,3H2,1-2H3,(H2,15,16,20)(H2,17,18,19,21)/t7-/m1/s1. The van der Waals surface area contributed by atoms with E-state index in [0.29, 0.717) is 16.5 Å². The van der Waals surface area contributed by atoms with Crippen LogP contribution in [0.2, 0.25) is 5.02 Å². The third kappa shape index (κ3) is 3.85. The summed E-state index contributed by atoms with van der Waals surface area (Å²) >= 11 is 5.93. The maximum atomic E-state index is 12.0. The van der Waals surface area contributed by atoms with Crippen molar-refractivity contribution in [1.82, 2.24) is 20.5 Å². The van der Waals surface area contributed by atoms with Crippen LogP contribution < -0.4 is 16.3 Å². The normalized spacial score (nSPS) is 12.0. The van der Waals surface area contributed by atoms with Gasteiger partial charge in [0.2, 0.25) is 0 Å². The summed E-state index contributed by atoms with van der Waals surface area (Å²) in [5, 5.41) is 12.1. The molecular formula is C13H16ClN5O2. The lowest BCUT2D eigenvalue weighted by Gasteiger charge is -2.14. The Morgan fingerprint density at radius 1 is 1.48 bits per heavy atom. The van der Waals surface area contributed by atoms with Crippen molar-refractivity contribution in [2.24, 2.45) is 0 Å². The number of hydrogen-bond donors (Lipinski definition) is 4. The average Bonchev–Trinajstić information content (AvgIpc) is 2.87. The van der Waals surface area contributed by atoms with Crippen LogP contribution in [0.1, 0.15) is 31.3 Å². The monoisotopic (exact) mass is 309 g/mol. The van der Waals surface area contributed by atoms with Gasteiger partial charge >= 0.3 is 11.7 Å². The molecule has 7 nitrogen and oxygen atoms in total. The molecule has 2 aromatic rings. The zero-order valence-corrected chi connectivity index (χ0v) is 12.4. The second-order valence-electron chi connectivity index (χ2n) is 4.54. The number of carbonyl (C=O) groups excluding carboxylic acids is 1. The second-order valence-corrected chi connectivity index (χ2v) is 4.97. The molecule has 0 aliphatic carbocycles. The van der Waals surface area contributed by atoms with E-state index < -0.39 is 11.7 Å². The zero-order chi connectivity index (χ0) is 15.4. The van der Waals surface area contributed by atoms with Crippen molar-refractivity contribution in [3.05, 3.63) is 45.1 Å². The molecule has 1 heterocycles. The maximum Gasteiger partial charge on any atom is 0.340 e. The number of aryl methyl sites for hydroxylation is 1. The van der Waals surface area contributed by atoms with Gasteiger partial charge in [0.1, 0.15) is 0 Å². The molecule has 1 aromatic heterocycles. The Balaban J connectivity index is 2.03. The van der Waals surface area contributed by atoms with Crippen LogP contribution >= 0.6 is 11.6 Å². The summed E-state index contributed by atoms with van der Waals surface area (Å²) in [6.07, 6.45) is 0.748. The molecule has 0 saturated carbocycles. The Bertz CT molecular complexity index is 694. The number of hydrogen-bond acceptors (Lipinski definition) is 3. The Kier molecular flexibility index (Phi) is 4.64. The van der Waals surface area contributed by atoms with Crippen molar-refractivity contribution in [3.63, 3.8) is 0 Å². The molecule has 0 unspecified atom stereocenters. The van der Waals surface area contributed by atoms with Crippen molar-refractivity contribution in [2.75, 3.05) is 5.32 Å². The number of benzene rings is 1. The van der Waals surface area contributed by atoms with Crippen molar-refractivity contribution in [1.29, 1.82) is 0 Å². The number of rotatable bonds is 4. The minimum Gasteiger partial charge on any atom is -0.328 e. The number of aromatic amines is 2. The van der Waals surface area contributed by atoms with Gasteiger partial charge in [0.05, 0.1) is 6.04 Å². The van der Waals surface area contributed by atoms with Gasteiger partial charge in [0, 0.05) is 10.7 Å². The van der Waals surface area contributed by atoms with E-state index in [1.165, 1.54) is 0 Å². The topological polar surface area (TPSA) is 103 Å². The molecule has 2 rings (SSSR count). The molecule has 0 saturated heterocycles. The smallest absolute Gasteiger partial charge is 0.328 e. The van der Waals surface area contributed by atoms with Crippen LogP contribution in [0.3, 0.4) is 0 Å². The number of H-pyrrole nitrogens is 2. The van der Waals surface area contributed by atoms with Crippen molar-refractivity contribution in [2.45, 2.75) is 26.3 Å². The molecular weight excluding hydrogens is 294 g/mol. The number of nitrogens with one attached hydrogen (secondary N) is 4. The fraction of sp³-hybridized carbons (Fsp3) is 0.308. The summed E-state index contributed by atoms with van der Waals surface area (Å²) in [6, 6.07) is 4.46. The van der Waals surface area contributed by atoms with Gasteiger partial charge < -0.3 is 10.6 Å². The third-order valence-electron chi connectivity index (χ3n) is 2.97. The number of halogens is 1. The molecule has 0 bridgehead atoms. The van der Waals surface area contributed by atoms with E-state index in [9.17, 15) is 9.59 Å². The molecule has 112 valence electrons. The van der Waals surface area contributed by atoms with Crippen molar-refractivity contribution >= 4 is 23.3 Å². The first kappa shape index (κ1) is 15.1. The van der Waals surface area contributed by atoms with Gasteiger partial charge in [0.25, 0.3) is 0 Å². The molecule has 21 heavy (non-hydrogen) atoms. The van der Waals surface area contributed by atoms with Crippen molar-refractivity contribution < 1.29 is 4.79 Å². The summed E-state index contributed by atoms with van der Waals surface area (Å²) < 4.78 is 0. The lowest BCUT2D eigenvalue weighted by atomic mass is 10.1. The lowest BCUT2D eigenvalue weighted by molar-refractivity contribution is 0.249. The van der Waals surface area contributed by atoms with Crippen LogP contribution in [0.4, 0.5) is 10.5 Å². The summed E-state index contributed by atoms with van der Waals surface area (Å²) in [6.45, 7) is 3.69. The minimum atomic E-state index is -0.429. The number of carbonyl (C=O) groups is 1. The van der Waals surface area contributed by atoms with Crippen molar-refractivity contribution in [3.8, 4) is 0 Å². The molecule has 0 fully saturated rings. The number of anilines is 1. The van der Waals surface area contributed by atoms with E-state index in [-0.39, 0.29) is 6.03 Å². The Hall–Kier alpha value is -2.28. The molecule has 2 amide bonds. The molecule has 8 heteroatoms. The van der Waals surface area contributed by atoms with E-state index in [2.05, 4.69) is 25.8 Å². The minimum absolute atomic E-state index is 0.363. The number of amides is 2. The molecule has 0 spiro atoms. The average molecular weight is 310 g/mol. The highest BCUT2D eigenvalue weighted by Crippen LogP contribution is 2.21. The number of aromatic nitrogens is 3. The predicted octanol–water partition coefficient (Wildman–Crippen LogP) is 2.20. The van der Waals surface area contributed by atoms with Gasteiger partial charge in [0.15, 0.2) is 5.82 Å². The maximum absolute atomic E-state index is 12.0. The van der Waals surface area contributed by atoms with E-state index in [0.717, 1.165) is 12.0 Å². The lowest BCUT2D eigenvalue weighted by Crippen LogP contribution is -2.32. The summed E-state index contributed by atoms with van der Waals surface area (Å²) in [5.74, 6) is 0.363. The van der Waals surface area contributed by atoms with Crippen LogP contribution in [-0.2, 0) is 6.42 Å². The highest BCUT2D eigenvalue weighted by Gasteiger charge is 2.13. The Morgan fingerprint density at radius 3 is 2.86 bits per heavy atom. The molecule has 4 N–H and O–H groups in total.